The summed E-state index contributed by atoms with van der Waals surface area (Å²) in [6, 6.07) is 9.69. The largest absolute Gasteiger partial charge is 0.314 e. The summed E-state index contributed by atoms with van der Waals surface area (Å²) in [4.78, 5) is 0. The van der Waals surface area contributed by atoms with E-state index in [1.807, 2.05) is 0 Å². The summed E-state index contributed by atoms with van der Waals surface area (Å²) in [6.45, 7) is 7.93. The lowest BCUT2D eigenvalue weighted by molar-refractivity contribution is 0.399. The molecular formula is C18H27N. The van der Waals surface area contributed by atoms with Crippen molar-refractivity contribution in [2.45, 2.75) is 58.4 Å². The van der Waals surface area contributed by atoms with Gasteiger partial charge in [0.05, 0.1) is 0 Å². The van der Waals surface area contributed by atoms with Gasteiger partial charge in [0.2, 0.25) is 0 Å². The summed E-state index contributed by atoms with van der Waals surface area (Å²) < 4.78 is 0. The van der Waals surface area contributed by atoms with E-state index in [0.717, 1.165) is 0 Å². The van der Waals surface area contributed by atoms with Crippen molar-refractivity contribution in [2.24, 2.45) is 0 Å². The van der Waals surface area contributed by atoms with Crippen LogP contribution in [0.3, 0.4) is 0 Å². The van der Waals surface area contributed by atoms with Crippen LogP contribution in [0.5, 0.6) is 0 Å². The molecule has 0 amide bonds. The normalized spacial score (nSPS) is 20.8. The average Bonchev–Trinajstić information content (AvgIpc) is 2.40. The molecule has 104 valence electrons. The molecular weight excluding hydrogens is 230 g/mol. The van der Waals surface area contributed by atoms with Crippen LogP contribution in [0.15, 0.2) is 29.8 Å². The highest BCUT2D eigenvalue weighted by Crippen LogP contribution is 2.19. The van der Waals surface area contributed by atoms with Gasteiger partial charge < -0.3 is 5.32 Å². The molecule has 1 fully saturated rings. The van der Waals surface area contributed by atoms with Crippen LogP contribution < -0.4 is 5.32 Å². The van der Waals surface area contributed by atoms with Crippen LogP contribution in [0, 0.1) is 0 Å². The number of hydrogen-bond donors (Lipinski definition) is 1. The number of piperidine rings is 1. The average molecular weight is 257 g/mol. The Balaban J connectivity index is 1.95. The fourth-order valence-corrected chi connectivity index (χ4v) is 2.81. The van der Waals surface area contributed by atoms with E-state index in [1.165, 1.54) is 48.9 Å². The summed E-state index contributed by atoms with van der Waals surface area (Å²) in [5.74, 6) is 0.616. The minimum Gasteiger partial charge on any atom is -0.314 e. The first-order chi connectivity index (χ1) is 9.15. The molecule has 1 aromatic carbocycles. The van der Waals surface area contributed by atoms with Crippen molar-refractivity contribution in [3.05, 3.63) is 41.0 Å². The molecule has 0 radical (unpaired) electrons. The lowest BCUT2D eigenvalue weighted by Gasteiger charge is -2.23. The molecule has 1 aromatic rings. The van der Waals surface area contributed by atoms with E-state index >= 15 is 0 Å². The second-order valence-corrected chi connectivity index (χ2v) is 6.16. The second kappa shape index (κ2) is 6.91. The maximum Gasteiger partial charge on any atom is 0.0104 e. The first-order valence-electron chi connectivity index (χ1n) is 7.65. The third kappa shape index (κ3) is 4.50. The Morgan fingerprint density at radius 3 is 2.58 bits per heavy atom. The van der Waals surface area contributed by atoms with Gasteiger partial charge in [-0.1, -0.05) is 56.2 Å². The second-order valence-electron chi connectivity index (χ2n) is 6.16. The van der Waals surface area contributed by atoms with Crippen LogP contribution >= 0.6 is 0 Å². The van der Waals surface area contributed by atoms with Crippen LogP contribution in [-0.4, -0.2) is 12.6 Å². The molecule has 2 rings (SSSR count). The zero-order valence-electron chi connectivity index (χ0n) is 12.6. The van der Waals surface area contributed by atoms with Gasteiger partial charge in [0.1, 0.15) is 0 Å². The van der Waals surface area contributed by atoms with Gasteiger partial charge in [0.15, 0.2) is 0 Å². The molecule has 1 nitrogen and oxygen atoms in total. The van der Waals surface area contributed by atoms with Crippen LogP contribution in [0.25, 0.3) is 6.08 Å². The van der Waals surface area contributed by atoms with Gasteiger partial charge >= 0.3 is 0 Å². The molecule has 1 aliphatic rings. The standard InChI is InChI=1S/C18H27N/c1-14(2)17-9-7-16(8-10-17)12-15(3)13-18-6-4-5-11-19-18/h7-10,12,14,18-19H,4-6,11,13H2,1-3H3/b15-12-. The summed E-state index contributed by atoms with van der Waals surface area (Å²) in [6.07, 6.45) is 7.58. The van der Waals surface area contributed by atoms with Gasteiger partial charge in [-0.3, -0.25) is 0 Å². The van der Waals surface area contributed by atoms with Crippen LogP contribution in [-0.2, 0) is 0 Å². The molecule has 1 unspecified atom stereocenters. The molecule has 1 heteroatoms. The Kier molecular flexibility index (Phi) is 5.21. The Hall–Kier alpha value is -1.08. The van der Waals surface area contributed by atoms with E-state index in [0.29, 0.717) is 12.0 Å². The van der Waals surface area contributed by atoms with E-state index in [1.54, 1.807) is 0 Å². The first kappa shape index (κ1) is 14.3. The summed E-state index contributed by atoms with van der Waals surface area (Å²) in [5.41, 5.74) is 4.23. The van der Waals surface area contributed by atoms with Crippen LogP contribution in [0.1, 0.15) is 63.5 Å². The van der Waals surface area contributed by atoms with Crippen molar-refractivity contribution in [1.29, 1.82) is 0 Å². The van der Waals surface area contributed by atoms with Crippen molar-refractivity contribution in [1.82, 2.24) is 5.32 Å². The predicted octanol–water partition coefficient (Wildman–Crippen LogP) is 4.75. The molecule has 0 aromatic heterocycles. The molecule has 1 aliphatic heterocycles. The summed E-state index contributed by atoms with van der Waals surface area (Å²) >= 11 is 0. The third-order valence-electron chi connectivity index (χ3n) is 4.00. The van der Waals surface area contributed by atoms with Gasteiger partial charge in [0.25, 0.3) is 0 Å². The minimum atomic E-state index is 0.616. The van der Waals surface area contributed by atoms with E-state index < -0.39 is 0 Å². The topological polar surface area (TPSA) is 12.0 Å². The molecule has 0 bridgehead atoms. The molecule has 1 heterocycles. The SMILES string of the molecule is C/C(=C/c1ccc(C(C)C)cc1)CC1CCCCN1. The van der Waals surface area contributed by atoms with Crippen LogP contribution in [0.2, 0.25) is 0 Å². The number of hydrogen-bond acceptors (Lipinski definition) is 1. The van der Waals surface area contributed by atoms with E-state index in [-0.39, 0.29) is 0 Å². The van der Waals surface area contributed by atoms with Crippen molar-refractivity contribution in [3.63, 3.8) is 0 Å². The van der Waals surface area contributed by atoms with E-state index in [4.69, 9.17) is 0 Å². The Labute approximate surface area is 118 Å². The number of rotatable bonds is 4. The monoisotopic (exact) mass is 257 g/mol. The van der Waals surface area contributed by atoms with Crippen molar-refractivity contribution >= 4 is 6.08 Å². The highest BCUT2D eigenvalue weighted by molar-refractivity contribution is 5.53. The fourth-order valence-electron chi connectivity index (χ4n) is 2.81. The predicted molar refractivity (Wildman–Crippen MR) is 84.4 cm³/mol. The fraction of sp³-hybridized carbons (Fsp3) is 0.556. The zero-order chi connectivity index (χ0) is 13.7. The minimum absolute atomic E-state index is 0.616. The number of benzene rings is 1. The van der Waals surface area contributed by atoms with Gasteiger partial charge in [-0.25, -0.2) is 0 Å². The van der Waals surface area contributed by atoms with Gasteiger partial charge in [-0.05, 0) is 49.8 Å². The first-order valence-corrected chi connectivity index (χ1v) is 7.65. The highest BCUT2D eigenvalue weighted by atomic mass is 14.9. The van der Waals surface area contributed by atoms with Gasteiger partial charge in [-0.15, -0.1) is 0 Å². The van der Waals surface area contributed by atoms with Crippen LogP contribution in [0.4, 0.5) is 0 Å². The third-order valence-corrected chi connectivity index (χ3v) is 4.00. The van der Waals surface area contributed by atoms with Gasteiger partial charge in [0, 0.05) is 6.04 Å². The molecule has 1 saturated heterocycles. The lowest BCUT2D eigenvalue weighted by atomic mass is 9.96. The molecule has 19 heavy (non-hydrogen) atoms. The maximum atomic E-state index is 3.62. The van der Waals surface area contributed by atoms with Crippen molar-refractivity contribution in [3.8, 4) is 0 Å². The van der Waals surface area contributed by atoms with Crippen molar-refractivity contribution < 1.29 is 0 Å². The van der Waals surface area contributed by atoms with Crippen molar-refractivity contribution in [2.75, 3.05) is 6.54 Å². The molecule has 0 saturated carbocycles. The molecule has 1 atom stereocenters. The van der Waals surface area contributed by atoms with Gasteiger partial charge in [-0.2, -0.15) is 0 Å². The Morgan fingerprint density at radius 2 is 2.00 bits per heavy atom. The smallest absolute Gasteiger partial charge is 0.0104 e. The Morgan fingerprint density at radius 1 is 1.26 bits per heavy atom. The summed E-state index contributed by atoms with van der Waals surface area (Å²) in [7, 11) is 0. The summed E-state index contributed by atoms with van der Waals surface area (Å²) in [5, 5.41) is 3.62. The molecule has 0 aliphatic carbocycles. The maximum absolute atomic E-state index is 3.62. The molecule has 1 N–H and O–H groups in total. The quantitative estimate of drug-likeness (QED) is 0.821. The Bertz CT molecular complexity index is 408. The van der Waals surface area contributed by atoms with E-state index in [9.17, 15) is 0 Å². The number of nitrogens with one attached hydrogen (secondary N) is 1. The highest BCUT2D eigenvalue weighted by Gasteiger charge is 2.12. The van der Waals surface area contributed by atoms with E-state index in [2.05, 4.69) is 56.4 Å². The molecule has 0 spiro atoms. The lowest BCUT2D eigenvalue weighted by Crippen LogP contribution is -2.33. The zero-order valence-corrected chi connectivity index (χ0v) is 12.6.